The van der Waals surface area contributed by atoms with E-state index in [0.717, 1.165) is 18.9 Å². The van der Waals surface area contributed by atoms with Crippen molar-refractivity contribution >= 4 is 0 Å². The highest BCUT2D eigenvalue weighted by molar-refractivity contribution is 5.29. The monoisotopic (exact) mass is 245 g/mol. The molecule has 1 heterocycles. The van der Waals surface area contributed by atoms with Gasteiger partial charge in [-0.3, -0.25) is 0 Å². The second-order valence-corrected chi connectivity index (χ2v) is 5.78. The summed E-state index contributed by atoms with van der Waals surface area (Å²) in [5, 5.41) is 0. The Labute approximate surface area is 110 Å². The molecule has 0 spiro atoms. The first-order chi connectivity index (χ1) is 8.83. The maximum absolute atomic E-state index is 6.32. The number of benzene rings is 1. The summed E-state index contributed by atoms with van der Waals surface area (Å²) < 4.78 is 5.68. The molecule has 18 heavy (non-hydrogen) atoms. The molecule has 1 aliphatic heterocycles. The fourth-order valence-electron chi connectivity index (χ4n) is 3.03. The van der Waals surface area contributed by atoms with Gasteiger partial charge in [-0.1, -0.05) is 30.7 Å². The molecule has 0 bridgehead atoms. The highest BCUT2D eigenvalue weighted by Crippen LogP contribution is 2.37. The van der Waals surface area contributed by atoms with Crippen LogP contribution in [0.15, 0.2) is 24.3 Å². The average molecular weight is 245 g/mol. The van der Waals surface area contributed by atoms with E-state index in [0.29, 0.717) is 6.10 Å². The van der Waals surface area contributed by atoms with Gasteiger partial charge in [-0.05, 0) is 49.1 Å². The van der Waals surface area contributed by atoms with Gasteiger partial charge >= 0.3 is 0 Å². The standard InChI is InChI=1S/C16H23NO/c17-16(11-15-8-3-9-18-15)14-7-2-6-13(10-14)12-4-1-5-12/h2,6-7,10,12,15-16H,1,3-5,8-9,11,17H2. The van der Waals surface area contributed by atoms with E-state index in [2.05, 4.69) is 24.3 Å². The minimum Gasteiger partial charge on any atom is -0.378 e. The molecular weight excluding hydrogens is 222 g/mol. The average Bonchev–Trinajstić information content (AvgIpc) is 2.80. The Morgan fingerprint density at radius 3 is 2.78 bits per heavy atom. The molecule has 1 aromatic rings. The zero-order chi connectivity index (χ0) is 12.4. The van der Waals surface area contributed by atoms with Crippen molar-refractivity contribution < 1.29 is 4.74 Å². The van der Waals surface area contributed by atoms with Gasteiger partial charge in [0.05, 0.1) is 6.10 Å². The Kier molecular flexibility index (Phi) is 3.67. The molecular formula is C16H23NO. The van der Waals surface area contributed by atoms with Crippen LogP contribution in [0, 0.1) is 0 Å². The van der Waals surface area contributed by atoms with Gasteiger partial charge in [-0.25, -0.2) is 0 Å². The number of ether oxygens (including phenoxy) is 1. The Morgan fingerprint density at radius 2 is 2.11 bits per heavy atom. The minimum absolute atomic E-state index is 0.133. The van der Waals surface area contributed by atoms with Crippen molar-refractivity contribution in [1.29, 1.82) is 0 Å². The number of hydrogen-bond donors (Lipinski definition) is 1. The summed E-state index contributed by atoms with van der Waals surface area (Å²) in [5.74, 6) is 0.792. The molecule has 1 saturated carbocycles. The minimum atomic E-state index is 0.133. The largest absolute Gasteiger partial charge is 0.378 e. The molecule has 1 saturated heterocycles. The Hall–Kier alpha value is -0.860. The third kappa shape index (κ3) is 2.60. The first kappa shape index (κ1) is 12.2. The number of nitrogens with two attached hydrogens (primary N) is 1. The third-order valence-corrected chi connectivity index (χ3v) is 4.46. The van der Waals surface area contributed by atoms with Crippen LogP contribution in [-0.4, -0.2) is 12.7 Å². The molecule has 0 radical (unpaired) electrons. The molecule has 0 aromatic heterocycles. The summed E-state index contributed by atoms with van der Waals surface area (Å²) in [5.41, 5.74) is 9.10. The molecule has 1 aromatic carbocycles. The van der Waals surface area contributed by atoms with Crippen LogP contribution in [0.4, 0.5) is 0 Å². The van der Waals surface area contributed by atoms with Crippen molar-refractivity contribution in [3.8, 4) is 0 Å². The van der Waals surface area contributed by atoms with Gasteiger partial charge in [0, 0.05) is 12.6 Å². The summed E-state index contributed by atoms with van der Waals surface area (Å²) in [6.45, 7) is 0.916. The lowest BCUT2D eigenvalue weighted by Gasteiger charge is -2.27. The molecule has 3 rings (SSSR count). The quantitative estimate of drug-likeness (QED) is 0.880. The van der Waals surface area contributed by atoms with Gasteiger partial charge in [0.15, 0.2) is 0 Å². The molecule has 98 valence electrons. The first-order valence-electron chi connectivity index (χ1n) is 7.30. The third-order valence-electron chi connectivity index (χ3n) is 4.46. The molecule has 2 unspecified atom stereocenters. The summed E-state index contributed by atoms with van der Waals surface area (Å²) in [4.78, 5) is 0. The highest BCUT2D eigenvalue weighted by Gasteiger charge is 2.22. The lowest BCUT2D eigenvalue weighted by atomic mass is 9.79. The lowest BCUT2D eigenvalue weighted by molar-refractivity contribution is 0.0983. The SMILES string of the molecule is NC(CC1CCCO1)c1cccc(C2CCC2)c1. The topological polar surface area (TPSA) is 35.2 Å². The molecule has 2 aliphatic rings. The maximum atomic E-state index is 6.32. The smallest absolute Gasteiger partial charge is 0.0594 e. The van der Waals surface area contributed by atoms with Crippen LogP contribution in [0.2, 0.25) is 0 Å². The second-order valence-electron chi connectivity index (χ2n) is 5.78. The Morgan fingerprint density at radius 1 is 1.22 bits per heavy atom. The van der Waals surface area contributed by atoms with Gasteiger partial charge < -0.3 is 10.5 Å². The van der Waals surface area contributed by atoms with E-state index in [9.17, 15) is 0 Å². The van der Waals surface area contributed by atoms with Crippen LogP contribution in [0.5, 0.6) is 0 Å². The van der Waals surface area contributed by atoms with Crippen molar-refractivity contribution in [1.82, 2.24) is 0 Å². The first-order valence-corrected chi connectivity index (χ1v) is 7.30. The zero-order valence-electron chi connectivity index (χ0n) is 11.0. The summed E-state index contributed by atoms with van der Waals surface area (Å²) >= 11 is 0. The predicted molar refractivity (Wildman–Crippen MR) is 73.6 cm³/mol. The molecule has 2 nitrogen and oxygen atoms in total. The van der Waals surface area contributed by atoms with Crippen LogP contribution < -0.4 is 5.73 Å². The summed E-state index contributed by atoms with van der Waals surface area (Å²) in [6, 6.07) is 9.04. The maximum Gasteiger partial charge on any atom is 0.0594 e. The lowest BCUT2D eigenvalue weighted by Crippen LogP contribution is -2.19. The predicted octanol–water partition coefficient (Wildman–Crippen LogP) is 3.52. The van der Waals surface area contributed by atoms with Crippen molar-refractivity contribution in [3.05, 3.63) is 35.4 Å². The van der Waals surface area contributed by atoms with Crippen LogP contribution in [0.3, 0.4) is 0 Å². The molecule has 0 amide bonds. The van der Waals surface area contributed by atoms with Crippen molar-refractivity contribution in [3.63, 3.8) is 0 Å². The van der Waals surface area contributed by atoms with Gasteiger partial charge in [0.25, 0.3) is 0 Å². The van der Waals surface area contributed by atoms with E-state index in [1.54, 1.807) is 0 Å². The summed E-state index contributed by atoms with van der Waals surface area (Å²) in [6.07, 6.45) is 7.81. The highest BCUT2D eigenvalue weighted by atomic mass is 16.5. The summed E-state index contributed by atoms with van der Waals surface area (Å²) in [7, 11) is 0. The molecule has 2 N–H and O–H groups in total. The van der Waals surface area contributed by atoms with E-state index in [-0.39, 0.29) is 6.04 Å². The number of hydrogen-bond acceptors (Lipinski definition) is 2. The molecule has 2 heteroatoms. The van der Waals surface area contributed by atoms with Crippen molar-refractivity contribution in [2.45, 2.75) is 56.6 Å². The van der Waals surface area contributed by atoms with Gasteiger partial charge in [-0.15, -0.1) is 0 Å². The fourth-order valence-corrected chi connectivity index (χ4v) is 3.03. The van der Waals surface area contributed by atoms with E-state index in [1.807, 2.05) is 0 Å². The van der Waals surface area contributed by atoms with E-state index in [4.69, 9.17) is 10.5 Å². The van der Waals surface area contributed by atoms with E-state index < -0.39 is 0 Å². The molecule has 2 atom stereocenters. The fraction of sp³-hybridized carbons (Fsp3) is 0.625. The van der Waals surface area contributed by atoms with E-state index >= 15 is 0 Å². The van der Waals surface area contributed by atoms with Gasteiger partial charge in [0.2, 0.25) is 0 Å². The molecule has 1 aliphatic carbocycles. The van der Waals surface area contributed by atoms with Gasteiger partial charge in [0.1, 0.15) is 0 Å². The van der Waals surface area contributed by atoms with Crippen LogP contribution in [0.1, 0.15) is 61.6 Å². The Balaban J connectivity index is 1.66. The van der Waals surface area contributed by atoms with Crippen molar-refractivity contribution in [2.75, 3.05) is 6.61 Å². The van der Waals surface area contributed by atoms with E-state index in [1.165, 1.54) is 43.2 Å². The Bertz CT molecular complexity index is 394. The normalized spacial score (nSPS) is 25.9. The van der Waals surface area contributed by atoms with Crippen LogP contribution in [0.25, 0.3) is 0 Å². The molecule has 2 fully saturated rings. The number of rotatable bonds is 4. The van der Waals surface area contributed by atoms with Crippen molar-refractivity contribution in [2.24, 2.45) is 5.73 Å². The zero-order valence-corrected chi connectivity index (χ0v) is 11.0. The second kappa shape index (κ2) is 5.41. The van der Waals surface area contributed by atoms with Crippen LogP contribution >= 0.6 is 0 Å². The van der Waals surface area contributed by atoms with Gasteiger partial charge in [-0.2, -0.15) is 0 Å². The van der Waals surface area contributed by atoms with Crippen LogP contribution in [-0.2, 0) is 4.74 Å².